The van der Waals surface area contributed by atoms with Gasteiger partial charge >= 0.3 is 5.97 Å². The Kier molecular flexibility index (Phi) is 13.4. The van der Waals surface area contributed by atoms with Gasteiger partial charge in [-0.2, -0.15) is 0 Å². The maximum absolute atomic E-state index is 11.1. The third-order valence-electron chi connectivity index (χ3n) is 2.76. The van der Waals surface area contributed by atoms with Crippen LogP contribution in [0.5, 0.6) is 0 Å². The van der Waals surface area contributed by atoms with E-state index in [9.17, 15) is 9.59 Å². The van der Waals surface area contributed by atoms with Crippen LogP contribution >= 0.6 is 0 Å². The van der Waals surface area contributed by atoms with Crippen molar-refractivity contribution >= 4 is 11.8 Å². The first-order chi connectivity index (χ1) is 12.0. The van der Waals surface area contributed by atoms with Crippen molar-refractivity contribution in [1.82, 2.24) is 0 Å². The highest BCUT2D eigenvalue weighted by molar-refractivity contribution is 5.89. The lowest BCUT2D eigenvalue weighted by molar-refractivity contribution is -0.137. The molecule has 0 N–H and O–H groups in total. The first-order valence-corrected chi connectivity index (χ1v) is 8.54. The summed E-state index contributed by atoms with van der Waals surface area (Å²) in [7, 11) is 0. The lowest BCUT2D eigenvalue weighted by atomic mass is 10.2. The first-order valence-electron chi connectivity index (χ1n) is 8.54. The van der Waals surface area contributed by atoms with Gasteiger partial charge < -0.3 is 4.74 Å². The Hall–Kier alpha value is -2.60. The van der Waals surface area contributed by atoms with Crippen LogP contribution in [0.1, 0.15) is 46.1 Å². The molecule has 0 atom stereocenters. The molecule has 1 aromatic rings. The summed E-state index contributed by atoms with van der Waals surface area (Å²) in [5, 5.41) is 0. The topological polar surface area (TPSA) is 43.4 Å². The Balaban J connectivity index is 0.000000504. The van der Waals surface area contributed by atoms with Gasteiger partial charge in [0.2, 0.25) is 0 Å². The number of allylic oxidation sites excluding steroid dienone is 4. The second-order valence-corrected chi connectivity index (χ2v) is 5.59. The molecular weight excluding hydrogens is 312 g/mol. The van der Waals surface area contributed by atoms with Crippen LogP contribution in [0.2, 0.25) is 0 Å². The maximum Gasteiger partial charge on any atom is 0.384 e. The second kappa shape index (κ2) is 15.0. The van der Waals surface area contributed by atoms with Gasteiger partial charge in [-0.15, -0.1) is 0 Å². The first kappa shape index (κ1) is 22.4. The highest BCUT2D eigenvalue weighted by Crippen LogP contribution is 2.00. The fourth-order valence-electron chi connectivity index (χ4n) is 1.57. The zero-order chi connectivity index (χ0) is 18.9. The normalized spacial score (nSPS) is 10.1. The molecule has 0 radical (unpaired) electrons. The van der Waals surface area contributed by atoms with E-state index in [4.69, 9.17) is 4.74 Å². The Morgan fingerprint density at radius 1 is 1.16 bits per heavy atom. The van der Waals surface area contributed by atoms with Gasteiger partial charge in [-0.1, -0.05) is 75.3 Å². The van der Waals surface area contributed by atoms with Crippen molar-refractivity contribution in [2.24, 2.45) is 5.92 Å². The predicted octanol–water partition coefficient (Wildman–Crippen LogP) is 4.88. The van der Waals surface area contributed by atoms with Gasteiger partial charge in [0, 0.05) is 18.3 Å². The number of ketones is 1. The van der Waals surface area contributed by atoms with Gasteiger partial charge in [-0.25, -0.2) is 4.79 Å². The van der Waals surface area contributed by atoms with Crippen LogP contribution in [0.25, 0.3) is 0 Å². The lowest BCUT2D eigenvalue weighted by Crippen LogP contribution is -2.01. The Bertz CT molecular complexity index is 614. The van der Waals surface area contributed by atoms with Crippen molar-refractivity contribution in [3.8, 4) is 11.8 Å². The highest BCUT2D eigenvalue weighted by Gasteiger charge is 1.97. The number of carbonyl (C=O) groups excluding carboxylic acids is 2. The smallest absolute Gasteiger partial charge is 0.384 e. The molecule has 0 saturated carbocycles. The molecule has 25 heavy (non-hydrogen) atoms. The SMILES string of the molecule is C/C=C/C=C/C(=O)CCC.CC(C)C#CC(=O)OCc1ccccc1. The molecule has 0 aliphatic carbocycles. The van der Waals surface area contributed by atoms with Crippen molar-refractivity contribution in [2.75, 3.05) is 0 Å². The van der Waals surface area contributed by atoms with Crippen LogP contribution in [-0.2, 0) is 20.9 Å². The summed E-state index contributed by atoms with van der Waals surface area (Å²) in [6.07, 6.45) is 8.73. The number of rotatable bonds is 6. The number of ether oxygens (including phenoxy) is 1. The summed E-state index contributed by atoms with van der Waals surface area (Å²) in [5.74, 6) is 5.13. The highest BCUT2D eigenvalue weighted by atomic mass is 16.5. The van der Waals surface area contributed by atoms with Crippen LogP contribution in [0.4, 0.5) is 0 Å². The molecule has 0 spiro atoms. The summed E-state index contributed by atoms with van der Waals surface area (Å²) < 4.78 is 4.97. The van der Waals surface area contributed by atoms with E-state index < -0.39 is 5.97 Å². The summed E-state index contributed by atoms with van der Waals surface area (Å²) in [6, 6.07) is 9.54. The Labute approximate surface area is 151 Å². The molecule has 0 amide bonds. The summed E-state index contributed by atoms with van der Waals surface area (Å²) in [5.41, 5.74) is 0.970. The zero-order valence-corrected chi connectivity index (χ0v) is 15.6. The maximum atomic E-state index is 11.1. The van der Waals surface area contributed by atoms with Crippen LogP contribution < -0.4 is 0 Å². The van der Waals surface area contributed by atoms with E-state index >= 15 is 0 Å². The lowest BCUT2D eigenvalue weighted by Gasteiger charge is -1.99. The molecule has 0 aliphatic heterocycles. The van der Waals surface area contributed by atoms with Gasteiger partial charge in [-0.3, -0.25) is 4.79 Å². The number of hydrogen-bond donors (Lipinski definition) is 0. The molecule has 1 aromatic carbocycles. The number of esters is 1. The van der Waals surface area contributed by atoms with Crippen molar-refractivity contribution in [2.45, 2.75) is 47.1 Å². The van der Waals surface area contributed by atoms with Crippen molar-refractivity contribution < 1.29 is 14.3 Å². The third-order valence-corrected chi connectivity index (χ3v) is 2.76. The molecule has 0 unspecified atom stereocenters. The molecule has 1 rings (SSSR count). The molecule has 3 heteroatoms. The van der Waals surface area contributed by atoms with Gasteiger partial charge in [0.25, 0.3) is 0 Å². The predicted molar refractivity (Wildman–Crippen MR) is 103 cm³/mol. The molecule has 0 saturated heterocycles. The Morgan fingerprint density at radius 2 is 1.84 bits per heavy atom. The standard InChI is InChI=1S/C13H14O2.C9H14O/c1-11(2)8-9-13(14)15-10-12-6-4-3-5-7-12;1-3-5-6-8-9(10)7-4-2/h3-7,11H,10H2,1-2H3;3,5-6,8H,4,7H2,1-2H3/b;5-3+,8-6+. The Morgan fingerprint density at radius 3 is 2.40 bits per heavy atom. The van der Waals surface area contributed by atoms with Crippen molar-refractivity contribution in [3.63, 3.8) is 0 Å². The molecule has 0 heterocycles. The minimum atomic E-state index is -0.465. The monoisotopic (exact) mass is 340 g/mol. The largest absolute Gasteiger partial charge is 0.451 e. The second-order valence-electron chi connectivity index (χ2n) is 5.59. The van der Waals surface area contributed by atoms with Crippen molar-refractivity contribution in [1.29, 1.82) is 0 Å². The van der Waals surface area contributed by atoms with E-state index in [1.807, 2.05) is 70.2 Å². The van der Waals surface area contributed by atoms with Gasteiger partial charge in [0.05, 0.1) is 0 Å². The number of carbonyl (C=O) groups is 2. The van der Waals surface area contributed by atoms with Crippen LogP contribution in [0.15, 0.2) is 54.6 Å². The van der Waals surface area contributed by atoms with Crippen LogP contribution in [0, 0.1) is 17.8 Å². The van der Waals surface area contributed by atoms with E-state index in [1.54, 1.807) is 12.2 Å². The van der Waals surface area contributed by atoms with E-state index in [2.05, 4.69) is 11.8 Å². The molecular formula is C22H28O3. The van der Waals surface area contributed by atoms with Crippen LogP contribution in [0.3, 0.4) is 0 Å². The fraction of sp³-hybridized carbons (Fsp3) is 0.364. The molecule has 0 aromatic heterocycles. The van der Waals surface area contributed by atoms with Crippen molar-refractivity contribution in [3.05, 3.63) is 60.2 Å². The minimum Gasteiger partial charge on any atom is -0.451 e. The van der Waals surface area contributed by atoms with E-state index in [0.29, 0.717) is 6.42 Å². The number of benzene rings is 1. The summed E-state index contributed by atoms with van der Waals surface area (Å²) in [4.78, 5) is 21.9. The summed E-state index contributed by atoms with van der Waals surface area (Å²) >= 11 is 0. The average molecular weight is 340 g/mol. The quantitative estimate of drug-likeness (QED) is 0.244. The van der Waals surface area contributed by atoms with Gasteiger partial charge in [-0.05, 0) is 25.0 Å². The van der Waals surface area contributed by atoms with Gasteiger partial charge in [0.15, 0.2) is 5.78 Å². The number of hydrogen-bond acceptors (Lipinski definition) is 3. The molecule has 3 nitrogen and oxygen atoms in total. The summed E-state index contributed by atoms with van der Waals surface area (Å²) in [6.45, 7) is 8.07. The fourth-order valence-corrected chi connectivity index (χ4v) is 1.57. The van der Waals surface area contributed by atoms with Gasteiger partial charge in [0.1, 0.15) is 6.61 Å². The zero-order valence-electron chi connectivity index (χ0n) is 15.6. The third kappa shape index (κ3) is 14.7. The van der Waals surface area contributed by atoms with Crippen LogP contribution in [-0.4, -0.2) is 11.8 Å². The van der Waals surface area contributed by atoms with E-state index in [0.717, 1.165) is 12.0 Å². The van der Waals surface area contributed by atoms with E-state index in [-0.39, 0.29) is 18.3 Å². The molecule has 134 valence electrons. The minimum absolute atomic E-state index is 0.189. The van der Waals surface area contributed by atoms with E-state index in [1.165, 1.54) is 0 Å². The molecule has 0 fully saturated rings. The molecule has 0 aliphatic rings. The average Bonchev–Trinajstić information content (AvgIpc) is 2.60. The molecule has 0 bridgehead atoms.